The maximum absolute atomic E-state index is 13.9. The second-order valence-electron chi connectivity index (χ2n) is 8.36. The van der Waals surface area contributed by atoms with E-state index in [1.165, 1.54) is 19.5 Å². The Hall–Kier alpha value is -3.42. The van der Waals surface area contributed by atoms with Gasteiger partial charge in [0, 0.05) is 43.9 Å². The monoisotopic (exact) mass is 423 g/mol. The zero-order chi connectivity index (χ0) is 21.6. The van der Waals surface area contributed by atoms with Gasteiger partial charge in [-0.15, -0.1) is 0 Å². The summed E-state index contributed by atoms with van der Waals surface area (Å²) in [6.07, 6.45) is 6.05. The van der Waals surface area contributed by atoms with Crippen LogP contribution in [0.25, 0.3) is 11.0 Å². The van der Waals surface area contributed by atoms with E-state index in [1.54, 1.807) is 18.2 Å². The summed E-state index contributed by atoms with van der Waals surface area (Å²) in [4.78, 5) is 32.9. The van der Waals surface area contributed by atoms with Crippen LogP contribution < -0.4 is 9.64 Å². The maximum atomic E-state index is 13.9. The highest BCUT2D eigenvalue weighted by atomic mass is 19.1. The Labute approximate surface area is 178 Å². The Balaban J connectivity index is 1.42. The standard InChI is InChI=1S/C23H22FN3O4/c1-30-22(29)17-3-2-14(27-6-4-23(5-7-27)10-15(28)11-23)8-20(17)31-16-9-18-19(24)13-26-21(18)25-12-16/h2-3,8-9,12-13H,4-7,10-11H2,1H3,(H,25,26). The molecule has 0 radical (unpaired) electrons. The van der Waals surface area contributed by atoms with Crippen molar-refractivity contribution in [1.82, 2.24) is 9.97 Å². The molecule has 3 aromatic rings. The largest absolute Gasteiger partial charge is 0.465 e. The van der Waals surface area contributed by atoms with Gasteiger partial charge in [0.05, 0.1) is 18.7 Å². The Morgan fingerprint density at radius 3 is 2.71 bits per heavy atom. The first-order chi connectivity index (χ1) is 15.0. The van der Waals surface area contributed by atoms with Gasteiger partial charge in [-0.2, -0.15) is 0 Å². The van der Waals surface area contributed by atoms with Crippen LogP contribution in [0.15, 0.2) is 36.7 Å². The molecule has 160 valence electrons. The average Bonchev–Trinajstić information content (AvgIpc) is 3.13. The lowest BCUT2D eigenvalue weighted by Gasteiger charge is -2.47. The van der Waals surface area contributed by atoms with E-state index in [0.29, 0.717) is 41.2 Å². The molecule has 0 unspecified atom stereocenters. The second-order valence-corrected chi connectivity index (χ2v) is 8.36. The highest BCUT2D eigenvalue weighted by Crippen LogP contribution is 2.47. The summed E-state index contributed by atoms with van der Waals surface area (Å²) in [5, 5.41) is 0.310. The molecular weight excluding hydrogens is 401 g/mol. The third kappa shape index (κ3) is 3.52. The van der Waals surface area contributed by atoms with Gasteiger partial charge < -0.3 is 19.4 Å². The molecule has 0 amide bonds. The quantitative estimate of drug-likeness (QED) is 0.632. The van der Waals surface area contributed by atoms with Crippen LogP contribution in [0.3, 0.4) is 0 Å². The Morgan fingerprint density at radius 1 is 1.23 bits per heavy atom. The van der Waals surface area contributed by atoms with Crippen molar-refractivity contribution < 1.29 is 23.5 Å². The number of aromatic amines is 1. The number of hydrogen-bond donors (Lipinski definition) is 1. The number of esters is 1. The number of ether oxygens (including phenoxy) is 2. The van der Waals surface area contributed by atoms with Crippen molar-refractivity contribution in [2.45, 2.75) is 25.7 Å². The van der Waals surface area contributed by atoms with Gasteiger partial charge in [-0.25, -0.2) is 14.2 Å². The van der Waals surface area contributed by atoms with E-state index in [4.69, 9.17) is 9.47 Å². The van der Waals surface area contributed by atoms with Crippen LogP contribution in [-0.2, 0) is 9.53 Å². The number of H-pyrrole nitrogens is 1. The van der Waals surface area contributed by atoms with Crippen LogP contribution >= 0.6 is 0 Å². The normalized spacial score (nSPS) is 17.6. The van der Waals surface area contributed by atoms with Crippen LogP contribution in [0.5, 0.6) is 11.5 Å². The molecule has 1 saturated heterocycles. The molecule has 1 aliphatic heterocycles. The smallest absolute Gasteiger partial charge is 0.341 e. The number of piperidine rings is 1. The highest BCUT2D eigenvalue weighted by Gasteiger charge is 2.45. The van der Waals surface area contributed by atoms with Crippen LogP contribution in [0.2, 0.25) is 0 Å². The number of pyridine rings is 1. The summed E-state index contributed by atoms with van der Waals surface area (Å²) in [6.45, 7) is 1.68. The summed E-state index contributed by atoms with van der Waals surface area (Å²) >= 11 is 0. The predicted molar refractivity (Wildman–Crippen MR) is 112 cm³/mol. The number of aromatic nitrogens is 2. The molecule has 31 heavy (non-hydrogen) atoms. The first kappa shape index (κ1) is 19.5. The van der Waals surface area contributed by atoms with Crippen LogP contribution in [0.4, 0.5) is 10.1 Å². The number of nitrogens with zero attached hydrogens (tertiary/aromatic N) is 2. The fraction of sp³-hybridized carbons (Fsp3) is 0.348. The van der Waals surface area contributed by atoms with Crippen molar-refractivity contribution >= 4 is 28.5 Å². The molecule has 1 aromatic carbocycles. The lowest BCUT2D eigenvalue weighted by Crippen LogP contribution is -2.47. The fourth-order valence-corrected chi connectivity index (χ4v) is 4.58. The molecule has 1 N–H and O–H groups in total. The zero-order valence-electron chi connectivity index (χ0n) is 17.1. The van der Waals surface area contributed by atoms with Crippen LogP contribution in [-0.4, -0.2) is 41.9 Å². The summed E-state index contributed by atoms with van der Waals surface area (Å²) in [6, 6.07) is 6.89. The van der Waals surface area contributed by atoms with Gasteiger partial charge in [-0.3, -0.25) is 4.79 Å². The zero-order valence-corrected chi connectivity index (χ0v) is 17.1. The lowest BCUT2D eigenvalue weighted by atomic mass is 9.62. The summed E-state index contributed by atoms with van der Waals surface area (Å²) in [5.41, 5.74) is 1.80. The first-order valence-corrected chi connectivity index (χ1v) is 10.3. The second kappa shape index (κ2) is 7.37. The number of halogens is 1. The topological polar surface area (TPSA) is 84.5 Å². The Bertz CT molecular complexity index is 1170. The minimum absolute atomic E-state index is 0.181. The maximum Gasteiger partial charge on any atom is 0.341 e. The number of fused-ring (bicyclic) bond motifs is 1. The van der Waals surface area contributed by atoms with Crippen LogP contribution in [0.1, 0.15) is 36.0 Å². The van der Waals surface area contributed by atoms with E-state index in [9.17, 15) is 14.0 Å². The van der Waals surface area contributed by atoms with E-state index in [1.807, 2.05) is 6.07 Å². The van der Waals surface area contributed by atoms with E-state index in [-0.39, 0.29) is 11.0 Å². The van der Waals surface area contributed by atoms with Crippen LogP contribution in [0, 0.1) is 11.2 Å². The van der Waals surface area contributed by atoms with E-state index >= 15 is 0 Å². The van der Waals surface area contributed by atoms with Gasteiger partial charge in [0.2, 0.25) is 0 Å². The van der Waals surface area contributed by atoms with E-state index < -0.39 is 11.8 Å². The SMILES string of the molecule is COC(=O)c1ccc(N2CCC3(CC2)CC(=O)C3)cc1Oc1cnc2[nH]cc(F)c2c1. The number of methoxy groups -OCH3 is 1. The van der Waals surface area contributed by atoms with Gasteiger partial charge in [-0.05, 0) is 36.5 Å². The number of ketones is 1. The molecule has 1 saturated carbocycles. The van der Waals surface area contributed by atoms with E-state index in [2.05, 4.69) is 14.9 Å². The third-order valence-electron chi connectivity index (χ3n) is 6.39. The number of rotatable bonds is 4. The van der Waals surface area contributed by atoms with Crippen molar-refractivity contribution in [1.29, 1.82) is 0 Å². The average molecular weight is 423 g/mol. The van der Waals surface area contributed by atoms with Crippen molar-refractivity contribution in [3.05, 3.63) is 48.0 Å². The number of anilines is 1. The predicted octanol–water partition coefficient (Wildman–Crippen LogP) is 4.23. The number of nitrogens with one attached hydrogen (secondary N) is 1. The number of carbonyl (C=O) groups is 2. The number of benzene rings is 1. The molecule has 0 atom stereocenters. The fourth-order valence-electron chi connectivity index (χ4n) is 4.58. The number of hydrogen-bond acceptors (Lipinski definition) is 6. The van der Waals surface area contributed by atoms with Crippen molar-refractivity contribution in [2.24, 2.45) is 5.41 Å². The Morgan fingerprint density at radius 2 is 2.00 bits per heavy atom. The minimum atomic E-state index is -0.519. The van der Waals surface area contributed by atoms with Gasteiger partial charge in [0.25, 0.3) is 0 Å². The highest BCUT2D eigenvalue weighted by molar-refractivity contribution is 5.93. The molecule has 7 nitrogen and oxygen atoms in total. The molecule has 2 aliphatic rings. The molecule has 2 fully saturated rings. The van der Waals surface area contributed by atoms with Crippen molar-refractivity contribution in [2.75, 3.05) is 25.1 Å². The van der Waals surface area contributed by atoms with E-state index in [0.717, 1.165) is 31.6 Å². The third-order valence-corrected chi connectivity index (χ3v) is 6.39. The molecule has 1 aliphatic carbocycles. The molecule has 8 heteroatoms. The molecule has 1 spiro atoms. The Kier molecular flexibility index (Phi) is 4.64. The molecule has 2 aromatic heterocycles. The van der Waals surface area contributed by atoms with Gasteiger partial charge >= 0.3 is 5.97 Å². The molecule has 3 heterocycles. The lowest BCUT2D eigenvalue weighted by molar-refractivity contribution is -0.133. The van der Waals surface area contributed by atoms with Gasteiger partial charge in [0.15, 0.2) is 0 Å². The summed E-state index contributed by atoms with van der Waals surface area (Å²) < 4.78 is 24.8. The first-order valence-electron chi connectivity index (χ1n) is 10.3. The van der Waals surface area contributed by atoms with Crippen molar-refractivity contribution in [3.63, 3.8) is 0 Å². The molecule has 0 bridgehead atoms. The summed E-state index contributed by atoms with van der Waals surface area (Å²) in [7, 11) is 1.31. The number of carbonyl (C=O) groups excluding carboxylic acids is 2. The summed E-state index contributed by atoms with van der Waals surface area (Å²) in [5.74, 6) is 0.0519. The molecular formula is C23H22FN3O4. The minimum Gasteiger partial charge on any atom is -0.465 e. The van der Waals surface area contributed by atoms with Gasteiger partial charge in [0.1, 0.15) is 34.3 Å². The van der Waals surface area contributed by atoms with Gasteiger partial charge in [-0.1, -0.05) is 0 Å². The molecule has 5 rings (SSSR count). The van der Waals surface area contributed by atoms with Crippen molar-refractivity contribution in [3.8, 4) is 11.5 Å². The number of Topliss-reactive ketones (excluding diaryl/α,β-unsaturated/α-hetero) is 1.